The molecule has 1 amide bonds. The van der Waals surface area contributed by atoms with Gasteiger partial charge in [-0.25, -0.2) is 0 Å². The largest absolute Gasteiger partial charge is 0.339 e. The van der Waals surface area contributed by atoms with Gasteiger partial charge in [-0.2, -0.15) is 0 Å². The minimum absolute atomic E-state index is 0.0212. The highest BCUT2D eigenvalue weighted by molar-refractivity contribution is 5.73. The summed E-state index contributed by atoms with van der Waals surface area (Å²) in [5.41, 5.74) is 0.0425. The van der Waals surface area contributed by atoms with Gasteiger partial charge in [0.25, 0.3) is 0 Å². The molecule has 0 aliphatic carbocycles. The van der Waals surface area contributed by atoms with Gasteiger partial charge >= 0.3 is 0 Å². The van der Waals surface area contributed by atoms with Gasteiger partial charge in [0.2, 0.25) is 5.91 Å². The van der Waals surface area contributed by atoms with E-state index in [4.69, 9.17) is 0 Å². The van der Waals surface area contributed by atoms with Crippen LogP contribution in [0.2, 0.25) is 0 Å². The van der Waals surface area contributed by atoms with E-state index in [1.165, 1.54) is 0 Å². The molecule has 0 aromatic heterocycles. The van der Waals surface area contributed by atoms with Crippen molar-refractivity contribution in [1.29, 1.82) is 0 Å². The predicted octanol–water partition coefficient (Wildman–Crippen LogP) is 0.995. The van der Waals surface area contributed by atoms with E-state index in [0.29, 0.717) is 0 Å². The van der Waals surface area contributed by atoms with Crippen molar-refractivity contribution in [3.05, 3.63) is 0 Å². The van der Waals surface area contributed by atoms with Gasteiger partial charge < -0.3 is 10.2 Å². The van der Waals surface area contributed by atoms with Gasteiger partial charge in [-0.1, -0.05) is 0 Å². The molecule has 1 fully saturated rings. The van der Waals surface area contributed by atoms with Crippen LogP contribution in [-0.4, -0.2) is 35.0 Å². The number of amides is 1. The maximum atomic E-state index is 11.3. The summed E-state index contributed by atoms with van der Waals surface area (Å²) < 4.78 is 0. The third-order valence-electron chi connectivity index (χ3n) is 2.29. The quantitative estimate of drug-likeness (QED) is 0.609. The topological polar surface area (TPSA) is 32.3 Å². The van der Waals surface area contributed by atoms with Crippen molar-refractivity contribution in [2.75, 3.05) is 13.1 Å². The van der Waals surface area contributed by atoms with Gasteiger partial charge in [-0.3, -0.25) is 4.79 Å². The normalized spacial score (nSPS) is 25.8. The van der Waals surface area contributed by atoms with Crippen molar-refractivity contribution in [3.8, 4) is 0 Å². The molecule has 0 bridgehead atoms. The van der Waals surface area contributed by atoms with Crippen molar-refractivity contribution in [1.82, 2.24) is 10.2 Å². The zero-order valence-electron chi connectivity index (χ0n) is 9.27. The summed E-state index contributed by atoms with van der Waals surface area (Å²) in [4.78, 5) is 13.2. The molecule has 1 N–H and O–H groups in total. The maximum Gasteiger partial charge on any atom is 0.219 e. The Morgan fingerprint density at radius 2 is 1.54 bits per heavy atom. The van der Waals surface area contributed by atoms with E-state index < -0.39 is 0 Å². The first kappa shape index (κ1) is 10.5. The Morgan fingerprint density at radius 1 is 1.15 bits per heavy atom. The fraction of sp³-hybridized carbons (Fsp3) is 0.900. The lowest BCUT2D eigenvalue weighted by Gasteiger charge is -2.48. The summed E-state index contributed by atoms with van der Waals surface area (Å²) >= 11 is 0. The highest BCUT2D eigenvalue weighted by atomic mass is 16.2. The van der Waals surface area contributed by atoms with Crippen LogP contribution in [0.5, 0.6) is 0 Å². The van der Waals surface area contributed by atoms with Crippen molar-refractivity contribution < 1.29 is 4.79 Å². The van der Waals surface area contributed by atoms with Gasteiger partial charge in [0.05, 0.1) is 0 Å². The summed E-state index contributed by atoms with van der Waals surface area (Å²) in [7, 11) is 0. The SMILES string of the molecule is CC(=O)N1CC(C)(C)NC(C)(C)C1. The van der Waals surface area contributed by atoms with Crippen LogP contribution in [0.25, 0.3) is 0 Å². The Kier molecular flexibility index (Phi) is 2.41. The summed E-state index contributed by atoms with van der Waals surface area (Å²) in [6.07, 6.45) is 0. The van der Waals surface area contributed by atoms with Gasteiger partial charge in [-0.15, -0.1) is 0 Å². The minimum atomic E-state index is 0.0212. The molecule has 0 atom stereocenters. The van der Waals surface area contributed by atoms with Crippen LogP contribution >= 0.6 is 0 Å². The number of carbonyl (C=O) groups excluding carboxylic acids is 1. The second kappa shape index (κ2) is 2.98. The summed E-state index contributed by atoms with van der Waals surface area (Å²) in [6.45, 7) is 11.7. The third-order valence-corrected chi connectivity index (χ3v) is 2.29. The molecule has 0 aromatic carbocycles. The van der Waals surface area contributed by atoms with Gasteiger partial charge in [0, 0.05) is 31.1 Å². The molecule has 0 aromatic rings. The fourth-order valence-corrected chi connectivity index (χ4v) is 2.23. The van der Waals surface area contributed by atoms with Crippen LogP contribution in [0.15, 0.2) is 0 Å². The van der Waals surface area contributed by atoms with Crippen LogP contribution in [-0.2, 0) is 4.79 Å². The fourth-order valence-electron chi connectivity index (χ4n) is 2.23. The van der Waals surface area contributed by atoms with Crippen molar-refractivity contribution >= 4 is 5.91 Å². The smallest absolute Gasteiger partial charge is 0.219 e. The number of nitrogens with zero attached hydrogens (tertiary/aromatic N) is 1. The summed E-state index contributed by atoms with van der Waals surface area (Å²) in [5, 5.41) is 3.52. The first-order valence-electron chi connectivity index (χ1n) is 4.77. The van der Waals surface area contributed by atoms with E-state index >= 15 is 0 Å². The molecule has 0 unspecified atom stereocenters. The van der Waals surface area contributed by atoms with Crippen LogP contribution < -0.4 is 5.32 Å². The van der Waals surface area contributed by atoms with E-state index in [0.717, 1.165) is 13.1 Å². The van der Waals surface area contributed by atoms with Gasteiger partial charge in [-0.05, 0) is 27.7 Å². The van der Waals surface area contributed by atoms with Crippen LogP contribution in [0.4, 0.5) is 0 Å². The van der Waals surface area contributed by atoms with Crippen LogP contribution in [0.1, 0.15) is 34.6 Å². The molecular formula is C10H20N2O. The molecule has 3 nitrogen and oxygen atoms in total. The average Bonchev–Trinajstić information content (AvgIpc) is 1.79. The van der Waals surface area contributed by atoms with Crippen LogP contribution in [0, 0.1) is 0 Å². The van der Waals surface area contributed by atoms with Gasteiger partial charge in [0.15, 0.2) is 0 Å². The highest BCUT2D eigenvalue weighted by Crippen LogP contribution is 2.20. The first-order valence-corrected chi connectivity index (χ1v) is 4.77. The second-order valence-corrected chi connectivity index (χ2v) is 5.27. The van der Waals surface area contributed by atoms with Crippen molar-refractivity contribution in [2.24, 2.45) is 0 Å². The number of piperazine rings is 1. The zero-order valence-corrected chi connectivity index (χ0v) is 9.27. The highest BCUT2D eigenvalue weighted by Gasteiger charge is 2.37. The Morgan fingerprint density at radius 3 is 1.85 bits per heavy atom. The molecule has 13 heavy (non-hydrogen) atoms. The lowest BCUT2D eigenvalue weighted by molar-refractivity contribution is -0.132. The van der Waals surface area contributed by atoms with Crippen molar-refractivity contribution in [2.45, 2.75) is 45.7 Å². The molecule has 1 aliphatic rings. The molecule has 3 heteroatoms. The number of rotatable bonds is 0. The Balaban J connectivity index is 2.78. The van der Waals surface area contributed by atoms with E-state index in [2.05, 4.69) is 33.0 Å². The predicted molar refractivity (Wildman–Crippen MR) is 53.5 cm³/mol. The monoisotopic (exact) mass is 184 g/mol. The molecule has 1 rings (SSSR count). The number of carbonyl (C=O) groups is 1. The molecule has 1 saturated heterocycles. The maximum absolute atomic E-state index is 11.3. The summed E-state index contributed by atoms with van der Waals surface area (Å²) in [5.74, 6) is 0.169. The van der Waals surface area contributed by atoms with Crippen molar-refractivity contribution in [3.63, 3.8) is 0 Å². The molecule has 0 spiro atoms. The van der Waals surface area contributed by atoms with E-state index in [-0.39, 0.29) is 17.0 Å². The molecular weight excluding hydrogens is 164 g/mol. The number of nitrogens with one attached hydrogen (secondary N) is 1. The third kappa shape index (κ3) is 2.69. The molecule has 76 valence electrons. The number of hydrogen-bond acceptors (Lipinski definition) is 2. The average molecular weight is 184 g/mol. The number of hydrogen-bond donors (Lipinski definition) is 1. The van der Waals surface area contributed by atoms with Gasteiger partial charge in [0.1, 0.15) is 0 Å². The Hall–Kier alpha value is -0.570. The first-order chi connectivity index (χ1) is 5.72. The Labute approximate surface area is 80.5 Å². The molecule has 1 aliphatic heterocycles. The van der Waals surface area contributed by atoms with E-state index in [9.17, 15) is 4.79 Å². The molecule has 0 saturated carbocycles. The van der Waals surface area contributed by atoms with E-state index in [1.807, 2.05) is 4.90 Å². The Bertz CT molecular complexity index is 205. The zero-order chi connectivity index (χ0) is 10.3. The lowest BCUT2D eigenvalue weighted by Crippen LogP contribution is -2.67. The summed E-state index contributed by atoms with van der Waals surface area (Å²) in [6, 6.07) is 0. The molecule has 0 radical (unpaired) electrons. The standard InChI is InChI=1S/C10H20N2O/c1-8(13)12-6-9(2,3)11-10(4,5)7-12/h11H,6-7H2,1-5H3. The van der Waals surface area contributed by atoms with E-state index in [1.54, 1.807) is 6.92 Å². The lowest BCUT2D eigenvalue weighted by atomic mass is 9.91. The minimum Gasteiger partial charge on any atom is -0.339 e. The second-order valence-electron chi connectivity index (χ2n) is 5.27. The van der Waals surface area contributed by atoms with Crippen LogP contribution in [0.3, 0.4) is 0 Å². The molecule has 1 heterocycles.